The number of hydrogen-bond donors (Lipinski definition) is 1. The number of hydrogen-bond acceptors (Lipinski definition) is 4. The van der Waals surface area contributed by atoms with Crippen LogP contribution in [0.5, 0.6) is 0 Å². The van der Waals surface area contributed by atoms with E-state index < -0.39 is 0 Å². The Bertz CT molecular complexity index is 527. The number of aryl methyl sites for hydroxylation is 2. The van der Waals surface area contributed by atoms with Crippen molar-refractivity contribution >= 4 is 17.6 Å². The maximum Gasteiger partial charge on any atom is 0.229 e. The molecule has 0 fully saturated rings. The molecule has 7 nitrogen and oxygen atoms in total. The van der Waals surface area contributed by atoms with Crippen LogP contribution < -0.4 is 10.2 Å². The van der Waals surface area contributed by atoms with Crippen LogP contribution in [0.4, 0.5) is 5.82 Å². The molecule has 1 aliphatic heterocycles. The Hall–Kier alpha value is -1.89. The average Bonchev–Trinajstić information content (AvgIpc) is 2.87. The van der Waals surface area contributed by atoms with Gasteiger partial charge >= 0.3 is 0 Å². The third-order valence-electron chi connectivity index (χ3n) is 3.63. The van der Waals surface area contributed by atoms with Gasteiger partial charge in [-0.15, -0.1) is 0 Å². The Labute approximate surface area is 130 Å². The minimum absolute atomic E-state index is 0.0187. The lowest BCUT2D eigenvalue weighted by Gasteiger charge is -2.27. The number of aromatic nitrogens is 2. The van der Waals surface area contributed by atoms with E-state index in [0.717, 1.165) is 17.9 Å². The monoisotopic (exact) mass is 308 g/mol. The van der Waals surface area contributed by atoms with Crippen LogP contribution in [-0.2, 0) is 20.9 Å². The van der Waals surface area contributed by atoms with Gasteiger partial charge in [0.25, 0.3) is 0 Å². The molecular weight excluding hydrogens is 284 g/mol. The summed E-state index contributed by atoms with van der Waals surface area (Å²) in [5.74, 6) is 0.965. The van der Waals surface area contributed by atoms with Crippen molar-refractivity contribution in [1.29, 1.82) is 0 Å². The number of rotatable bonds is 8. The lowest BCUT2D eigenvalue weighted by molar-refractivity contribution is -0.122. The zero-order chi connectivity index (χ0) is 15.9. The second kappa shape index (κ2) is 7.93. The quantitative estimate of drug-likeness (QED) is 0.723. The van der Waals surface area contributed by atoms with Crippen LogP contribution in [0.2, 0.25) is 0 Å². The van der Waals surface area contributed by atoms with Gasteiger partial charge in [-0.2, -0.15) is 5.10 Å². The van der Waals surface area contributed by atoms with Gasteiger partial charge in [0.2, 0.25) is 11.8 Å². The summed E-state index contributed by atoms with van der Waals surface area (Å²) >= 11 is 0. The second-order valence-electron chi connectivity index (χ2n) is 5.46. The van der Waals surface area contributed by atoms with E-state index in [-0.39, 0.29) is 11.8 Å². The van der Waals surface area contributed by atoms with Crippen molar-refractivity contribution in [3.63, 3.8) is 0 Å². The summed E-state index contributed by atoms with van der Waals surface area (Å²) in [4.78, 5) is 25.5. The Kier molecular flexibility index (Phi) is 5.94. The highest BCUT2D eigenvalue weighted by atomic mass is 16.5. The molecule has 2 heterocycles. The summed E-state index contributed by atoms with van der Waals surface area (Å²) < 4.78 is 6.79. The lowest BCUT2D eigenvalue weighted by Crippen LogP contribution is -2.38. The molecule has 0 spiro atoms. The number of amides is 2. The number of fused-ring (bicyclic) bond motifs is 1. The lowest BCUT2D eigenvalue weighted by atomic mass is 10.2. The minimum Gasteiger partial charge on any atom is -0.385 e. The van der Waals surface area contributed by atoms with Crippen molar-refractivity contribution in [2.24, 2.45) is 0 Å². The predicted octanol–water partition coefficient (Wildman–Crippen LogP) is 0.861. The number of nitrogens with zero attached hydrogens (tertiary/aromatic N) is 3. The van der Waals surface area contributed by atoms with Gasteiger partial charge < -0.3 is 10.1 Å². The summed E-state index contributed by atoms with van der Waals surface area (Å²) in [5, 5.41) is 7.22. The smallest absolute Gasteiger partial charge is 0.229 e. The van der Waals surface area contributed by atoms with Crippen molar-refractivity contribution in [1.82, 2.24) is 15.1 Å². The normalized spacial score (nSPS) is 14.1. The van der Waals surface area contributed by atoms with Crippen LogP contribution in [0.25, 0.3) is 0 Å². The molecule has 0 aromatic carbocycles. The molecule has 0 aliphatic carbocycles. The van der Waals surface area contributed by atoms with Crippen molar-refractivity contribution in [2.45, 2.75) is 39.2 Å². The van der Waals surface area contributed by atoms with Gasteiger partial charge in [-0.05, 0) is 19.8 Å². The summed E-state index contributed by atoms with van der Waals surface area (Å²) in [6.07, 6.45) is 2.35. The molecule has 1 aromatic heterocycles. The maximum atomic E-state index is 12.1. The van der Waals surface area contributed by atoms with Gasteiger partial charge in [0, 0.05) is 45.7 Å². The number of carbonyl (C=O) groups is 2. The van der Waals surface area contributed by atoms with Crippen molar-refractivity contribution in [2.75, 3.05) is 31.7 Å². The van der Waals surface area contributed by atoms with Crippen LogP contribution in [0.15, 0.2) is 6.07 Å². The zero-order valence-corrected chi connectivity index (χ0v) is 13.3. The summed E-state index contributed by atoms with van der Waals surface area (Å²) in [7, 11) is 1.64. The molecule has 0 bridgehead atoms. The number of methoxy groups -OCH3 is 1. The van der Waals surface area contributed by atoms with Crippen molar-refractivity contribution in [3.8, 4) is 0 Å². The first-order valence-electron chi connectivity index (χ1n) is 7.72. The van der Waals surface area contributed by atoms with Crippen molar-refractivity contribution < 1.29 is 14.3 Å². The first-order chi connectivity index (χ1) is 10.6. The Morgan fingerprint density at radius 2 is 2.27 bits per heavy atom. The number of anilines is 1. The first-order valence-corrected chi connectivity index (χ1v) is 7.72. The molecule has 2 rings (SSSR count). The molecular formula is C15H24N4O3. The van der Waals surface area contributed by atoms with Crippen LogP contribution in [0, 0.1) is 6.92 Å². The summed E-state index contributed by atoms with van der Waals surface area (Å²) in [6, 6.07) is 1.92. The van der Waals surface area contributed by atoms with Gasteiger partial charge in [-0.1, -0.05) is 0 Å². The summed E-state index contributed by atoms with van der Waals surface area (Å²) in [5.41, 5.74) is 0.908. The molecule has 0 saturated heterocycles. The molecule has 0 saturated carbocycles. The minimum atomic E-state index is 0.0187. The van der Waals surface area contributed by atoms with Gasteiger partial charge in [0.05, 0.1) is 12.2 Å². The average molecular weight is 308 g/mol. The van der Waals surface area contributed by atoms with Crippen LogP contribution >= 0.6 is 0 Å². The Balaban J connectivity index is 1.77. The summed E-state index contributed by atoms with van der Waals surface area (Å²) in [6.45, 7) is 4.38. The fraction of sp³-hybridized carbons (Fsp3) is 0.667. The van der Waals surface area contributed by atoms with Crippen LogP contribution in [0.3, 0.4) is 0 Å². The van der Waals surface area contributed by atoms with Crippen LogP contribution in [-0.4, -0.2) is 48.4 Å². The molecule has 7 heteroatoms. The van der Waals surface area contributed by atoms with Crippen molar-refractivity contribution in [3.05, 3.63) is 11.8 Å². The molecule has 0 radical (unpaired) electrons. The Morgan fingerprint density at radius 1 is 1.45 bits per heavy atom. The largest absolute Gasteiger partial charge is 0.385 e. The fourth-order valence-electron chi connectivity index (χ4n) is 2.55. The standard InChI is InChI=1S/C15H24N4O3/c1-12-11-14-18(15(21)6-9-19(14)17-12)8-3-5-13(20)16-7-4-10-22-2/h11H,3-10H2,1-2H3,(H,16,20). The van der Waals surface area contributed by atoms with E-state index in [1.165, 1.54) is 0 Å². The molecule has 22 heavy (non-hydrogen) atoms. The van der Waals surface area contributed by atoms with Gasteiger partial charge in [0.1, 0.15) is 5.82 Å². The van der Waals surface area contributed by atoms with E-state index in [1.54, 1.807) is 12.0 Å². The fourth-order valence-corrected chi connectivity index (χ4v) is 2.55. The molecule has 122 valence electrons. The molecule has 0 atom stereocenters. The molecule has 1 N–H and O–H groups in total. The van der Waals surface area contributed by atoms with E-state index in [1.807, 2.05) is 17.7 Å². The highest BCUT2D eigenvalue weighted by Crippen LogP contribution is 2.22. The molecule has 1 aromatic rings. The zero-order valence-electron chi connectivity index (χ0n) is 13.3. The SMILES string of the molecule is COCCCNC(=O)CCCN1C(=O)CCn2nc(C)cc21. The number of ether oxygens (including phenoxy) is 1. The molecule has 0 unspecified atom stereocenters. The molecule has 2 amide bonds. The van der Waals surface area contributed by atoms with Gasteiger partial charge in [0.15, 0.2) is 0 Å². The highest BCUT2D eigenvalue weighted by molar-refractivity contribution is 5.93. The van der Waals surface area contributed by atoms with E-state index in [0.29, 0.717) is 45.5 Å². The van der Waals surface area contributed by atoms with Crippen LogP contribution in [0.1, 0.15) is 31.4 Å². The third kappa shape index (κ3) is 4.30. The maximum absolute atomic E-state index is 12.1. The third-order valence-corrected chi connectivity index (χ3v) is 3.63. The van der Waals surface area contributed by atoms with Gasteiger partial charge in [-0.25, -0.2) is 4.68 Å². The number of carbonyl (C=O) groups excluding carboxylic acids is 2. The predicted molar refractivity (Wildman–Crippen MR) is 82.7 cm³/mol. The molecule has 1 aliphatic rings. The van der Waals surface area contributed by atoms with E-state index in [2.05, 4.69) is 10.4 Å². The Morgan fingerprint density at radius 3 is 3.05 bits per heavy atom. The van der Waals surface area contributed by atoms with E-state index in [4.69, 9.17) is 4.74 Å². The highest BCUT2D eigenvalue weighted by Gasteiger charge is 2.25. The van der Waals surface area contributed by atoms with E-state index >= 15 is 0 Å². The first kappa shape index (κ1) is 16.5. The second-order valence-corrected chi connectivity index (χ2v) is 5.46. The van der Waals surface area contributed by atoms with Gasteiger partial charge in [-0.3, -0.25) is 14.5 Å². The van der Waals surface area contributed by atoms with E-state index in [9.17, 15) is 9.59 Å². The number of nitrogens with one attached hydrogen (secondary N) is 1. The topological polar surface area (TPSA) is 76.5 Å².